The number of hydrogen-bond acceptors (Lipinski definition) is 2. The first kappa shape index (κ1) is 12.8. The standard InChI is InChI=1S/C13H22N2OS/c1-10(17(2)16)6-8-15-9-7-11-12(14)4-3-5-13(11)15/h7,9-10,12H,3-6,8,14H2,1-2H3. The summed E-state index contributed by atoms with van der Waals surface area (Å²) >= 11 is 0. The second kappa shape index (κ2) is 5.36. The van der Waals surface area contributed by atoms with E-state index in [1.807, 2.05) is 0 Å². The number of aryl methyl sites for hydroxylation is 1. The summed E-state index contributed by atoms with van der Waals surface area (Å²) in [5, 5.41) is 0.269. The number of nitrogens with two attached hydrogens (primary N) is 1. The molecular formula is C13H22N2OS. The van der Waals surface area contributed by atoms with E-state index in [1.165, 1.54) is 17.7 Å². The molecule has 3 atom stereocenters. The summed E-state index contributed by atoms with van der Waals surface area (Å²) in [4.78, 5) is 0. The van der Waals surface area contributed by atoms with Gasteiger partial charge in [0, 0.05) is 46.8 Å². The summed E-state index contributed by atoms with van der Waals surface area (Å²) in [6.45, 7) is 3.01. The van der Waals surface area contributed by atoms with Crippen molar-refractivity contribution in [3.8, 4) is 0 Å². The van der Waals surface area contributed by atoms with Gasteiger partial charge in [0.15, 0.2) is 0 Å². The highest BCUT2D eigenvalue weighted by Gasteiger charge is 2.20. The Morgan fingerprint density at radius 2 is 2.41 bits per heavy atom. The molecule has 3 nitrogen and oxygen atoms in total. The molecule has 0 aliphatic heterocycles. The molecule has 96 valence electrons. The van der Waals surface area contributed by atoms with Gasteiger partial charge < -0.3 is 10.3 Å². The molecule has 2 N–H and O–H groups in total. The van der Waals surface area contributed by atoms with Crippen LogP contribution in [0.1, 0.15) is 43.5 Å². The summed E-state index contributed by atoms with van der Waals surface area (Å²) in [7, 11) is -0.719. The van der Waals surface area contributed by atoms with Crippen LogP contribution < -0.4 is 5.73 Å². The monoisotopic (exact) mass is 254 g/mol. The Morgan fingerprint density at radius 3 is 3.12 bits per heavy atom. The van der Waals surface area contributed by atoms with Gasteiger partial charge in [-0.05, 0) is 37.3 Å². The van der Waals surface area contributed by atoms with Crippen LogP contribution in [0.2, 0.25) is 0 Å². The minimum absolute atomic E-state index is 0.220. The van der Waals surface area contributed by atoms with Crippen molar-refractivity contribution in [3.05, 3.63) is 23.5 Å². The van der Waals surface area contributed by atoms with E-state index in [1.54, 1.807) is 6.26 Å². The minimum Gasteiger partial charge on any atom is -0.351 e. The summed E-state index contributed by atoms with van der Waals surface area (Å²) in [6.07, 6.45) is 8.33. The van der Waals surface area contributed by atoms with Crippen molar-refractivity contribution in [3.63, 3.8) is 0 Å². The van der Waals surface area contributed by atoms with Crippen molar-refractivity contribution in [2.24, 2.45) is 5.73 Å². The molecule has 2 rings (SSSR count). The molecule has 0 fully saturated rings. The van der Waals surface area contributed by atoms with E-state index >= 15 is 0 Å². The van der Waals surface area contributed by atoms with E-state index in [2.05, 4.69) is 23.8 Å². The molecule has 0 saturated heterocycles. The maximum absolute atomic E-state index is 11.3. The largest absolute Gasteiger partial charge is 0.351 e. The van der Waals surface area contributed by atoms with Crippen molar-refractivity contribution < 1.29 is 4.21 Å². The SMILES string of the molecule is CC(CCn1ccc2c1CCCC2N)S(C)=O. The Bertz CT molecular complexity index is 414. The molecule has 3 unspecified atom stereocenters. The lowest BCUT2D eigenvalue weighted by molar-refractivity contribution is 0.530. The molecular weight excluding hydrogens is 232 g/mol. The maximum atomic E-state index is 11.3. The van der Waals surface area contributed by atoms with E-state index in [0.717, 1.165) is 25.8 Å². The van der Waals surface area contributed by atoms with Crippen LogP contribution in [0.25, 0.3) is 0 Å². The van der Waals surface area contributed by atoms with Crippen molar-refractivity contribution in [1.29, 1.82) is 0 Å². The quantitative estimate of drug-likeness (QED) is 0.893. The third-order valence-corrected chi connectivity index (χ3v) is 5.15. The van der Waals surface area contributed by atoms with E-state index in [4.69, 9.17) is 5.73 Å². The Balaban J connectivity index is 2.05. The number of hydrogen-bond donors (Lipinski definition) is 1. The topological polar surface area (TPSA) is 48.0 Å². The lowest BCUT2D eigenvalue weighted by Gasteiger charge is -2.21. The van der Waals surface area contributed by atoms with E-state index < -0.39 is 10.8 Å². The lowest BCUT2D eigenvalue weighted by Crippen LogP contribution is -2.19. The van der Waals surface area contributed by atoms with Crippen molar-refractivity contribution in [1.82, 2.24) is 4.57 Å². The third kappa shape index (κ3) is 2.80. The highest BCUT2D eigenvalue weighted by molar-refractivity contribution is 7.84. The summed E-state index contributed by atoms with van der Waals surface area (Å²) < 4.78 is 13.6. The van der Waals surface area contributed by atoms with Gasteiger partial charge in [-0.25, -0.2) is 0 Å². The average Bonchev–Trinajstić information content (AvgIpc) is 2.70. The van der Waals surface area contributed by atoms with Gasteiger partial charge in [-0.2, -0.15) is 0 Å². The number of aromatic nitrogens is 1. The van der Waals surface area contributed by atoms with E-state index in [9.17, 15) is 4.21 Å². The third-order valence-electron chi connectivity index (χ3n) is 3.79. The summed E-state index contributed by atoms with van der Waals surface area (Å²) in [5.74, 6) is 0. The molecule has 0 saturated carbocycles. The second-order valence-electron chi connectivity index (χ2n) is 5.01. The first-order valence-corrected chi connectivity index (χ1v) is 7.97. The first-order valence-electron chi connectivity index (χ1n) is 6.35. The average molecular weight is 254 g/mol. The van der Waals surface area contributed by atoms with Gasteiger partial charge in [-0.1, -0.05) is 6.92 Å². The van der Waals surface area contributed by atoms with Crippen molar-refractivity contribution in [2.75, 3.05) is 6.26 Å². The molecule has 0 aromatic carbocycles. The predicted molar refractivity (Wildman–Crippen MR) is 72.4 cm³/mol. The molecule has 1 aliphatic carbocycles. The highest BCUT2D eigenvalue weighted by atomic mass is 32.2. The molecule has 17 heavy (non-hydrogen) atoms. The van der Waals surface area contributed by atoms with Crippen LogP contribution in [0.15, 0.2) is 12.3 Å². The first-order chi connectivity index (χ1) is 8.09. The fourth-order valence-corrected chi connectivity index (χ4v) is 2.93. The van der Waals surface area contributed by atoms with E-state index in [-0.39, 0.29) is 11.3 Å². The van der Waals surface area contributed by atoms with Gasteiger partial charge in [0.2, 0.25) is 0 Å². The molecule has 1 aliphatic rings. The van der Waals surface area contributed by atoms with Crippen molar-refractivity contribution in [2.45, 2.75) is 50.4 Å². The Morgan fingerprint density at radius 1 is 1.65 bits per heavy atom. The zero-order valence-corrected chi connectivity index (χ0v) is 11.5. The fraction of sp³-hybridized carbons (Fsp3) is 0.692. The summed E-state index contributed by atoms with van der Waals surface area (Å²) in [5.41, 5.74) is 8.82. The minimum atomic E-state index is -0.719. The van der Waals surface area contributed by atoms with Gasteiger partial charge in [0.05, 0.1) is 0 Å². The van der Waals surface area contributed by atoms with Crippen molar-refractivity contribution >= 4 is 10.8 Å². The van der Waals surface area contributed by atoms with Gasteiger partial charge in [0.25, 0.3) is 0 Å². The molecule has 4 heteroatoms. The van der Waals surface area contributed by atoms with E-state index in [0.29, 0.717) is 0 Å². The van der Waals surface area contributed by atoms with Gasteiger partial charge in [-0.15, -0.1) is 0 Å². The number of nitrogens with zero attached hydrogens (tertiary/aromatic N) is 1. The van der Waals surface area contributed by atoms with Gasteiger partial charge >= 0.3 is 0 Å². The molecule has 0 amide bonds. The zero-order valence-electron chi connectivity index (χ0n) is 10.7. The van der Waals surface area contributed by atoms with Crippen LogP contribution in [0.3, 0.4) is 0 Å². The number of rotatable bonds is 4. The van der Waals surface area contributed by atoms with Gasteiger partial charge in [-0.3, -0.25) is 4.21 Å². The van der Waals surface area contributed by atoms with Crippen LogP contribution in [-0.4, -0.2) is 20.3 Å². The summed E-state index contributed by atoms with van der Waals surface area (Å²) in [6, 6.07) is 2.38. The molecule has 1 aromatic rings. The lowest BCUT2D eigenvalue weighted by atomic mass is 9.94. The normalized spacial score (nSPS) is 23.1. The smallest absolute Gasteiger partial charge is 0.0333 e. The zero-order chi connectivity index (χ0) is 12.4. The molecule has 0 bridgehead atoms. The molecule has 1 heterocycles. The second-order valence-corrected chi connectivity index (χ2v) is 6.81. The predicted octanol–water partition coefficient (Wildman–Crippen LogP) is 1.98. The van der Waals surface area contributed by atoms with Crippen LogP contribution in [-0.2, 0) is 23.8 Å². The maximum Gasteiger partial charge on any atom is 0.0333 e. The van der Waals surface area contributed by atoms with Crippen LogP contribution >= 0.6 is 0 Å². The molecule has 1 aromatic heterocycles. The van der Waals surface area contributed by atoms with Crippen LogP contribution in [0.5, 0.6) is 0 Å². The fourth-order valence-electron chi connectivity index (χ4n) is 2.49. The Hall–Kier alpha value is -0.610. The highest BCUT2D eigenvalue weighted by Crippen LogP contribution is 2.28. The molecule has 0 radical (unpaired) electrons. The Labute approximate surface area is 106 Å². The van der Waals surface area contributed by atoms with Gasteiger partial charge in [0.1, 0.15) is 0 Å². The Kier molecular flexibility index (Phi) is 4.05. The van der Waals surface area contributed by atoms with Crippen LogP contribution in [0, 0.1) is 0 Å². The van der Waals surface area contributed by atoms with Crippen LogP contribution in [0.4, 0.5) is 0 Å². The molecule has 0 spiro atoms. The number of fused-ring (bicyclic) bond motifs is 1.